The van der Waals surface area contributed by atoms with Crippen molar-refractivity contribution in [3.63, 3.8) is 0 Å². The Balaban J connectivity index is 1.80. The second-order valence-electron chi connectivity index (χ2n) is 5.31. The highest BCUT2D eigenvalue weighted by molar-refractivity contribution is 5.50. The van der Waals surface area contributed by atoms with Crippen molar-refractivity contribution in [3.05, 3.63) is 17.6 Å². The van der Waals surface area contributed by atoms with Crippen LogP contribution in [0.2, 0.25) is 0 Å². The molecule has 0 spiro atoms. The minimum absolute atomic E-state index is 0.636. The Kier molecular flexibility index (Phi) is 3.46. The molecule has 18 heavy (non-hydrogen) atoms. The first-order valence-electron chi connectivity index (χ1n) is 7.19. The van der Waals surface area contributed by atoms with Crippen LogP contribution in [0.4, 0.5) is 5.82 Å². The summed E-state index contributed by atoms with van der Waals surface area (Å²) in [5.41, 5.74) is 2.68. The van der Waals surface area contributed by atoms with Gasteiger partial charge >= 0.3 is 0 Å². The number of aryl methyl sites for hydroxylation is 1. The molecule has 3 rings (SSSR count). The van der Waals surface area contributed by atoms with E-state index < -0.39 is 0 Å². The lowest BCUT2D eigenvalue weighted by Gasteiger charge is -2.27. The molecule has 1 atom stereocenters. The summed E-state index contributed by atoms with van der Waals surface area (Å²) >= 11 is 0. The number of anilines is 1. The van der Waals surface area contributed by atoms with Crippen molar-refractivity contribution < 1.29 is 0 Å². The molecular weight excluding hydrogens is 224 g/mol. The number of nitrogens with one attached hydrogen (secondary N) is 1. The van der Waals surface area contributed by atoms with Crippen LogP contribution in [0, 0.1) is 0 Å². The molecule has 1 N–H and O–H groups in total. The van der Waals surface area contributed by atoms with Crippen LogP contribution in [-0.2, 0) is 12.8 Å². The SMILES string of the molecule is CCN(CC1CCCN1)c1ncnc2c1CCC2. The Hall–Kier alpha value is -1.16. The zero-order valence-corrected chi connectivity index (χ0v) is 11.2. The minimum Gasteiger partial charge on any atom is -0.355 e. The van der Waals surface area contributed by atoms with Crippen molar-refractivity contribution in [3.8, 4) is 0 Å². The van der Waals surface area contributed by atoms with E-state index in [0.717, 1.165) is 25.9 Å². The summed E-state index contributed by atoms with van der Waals surface area (Å²) in [5, 5.41) is 3.57. The number of aromatic nitrogens is 2. The maximum absolute atomic E-state index is 4.55. The van der Waals surface area contributed by atoms with Gasteiger partial charge in [0.2, 0.25) is 0 Å². The van der Waals surface area contributed by atoms with Gasteiger partial charge in [0.25, 0.3) is 0 Å². The fourth-order valence-corrected chi connectivity index (χ4v) is 3.16. The maximum atomic E-state index is 4.55. The highest BCUT2D eigenvalue weighted by Crippen LogP contribution is 2.28. The summed E-state index contributed by atoms with van der Waals surface area (Å²) in [6.45, 7) is 5.50. The normalized spacial score (nSPS) is 22.2. The molecule has 0 amide bonds. The number of rotatable bonds is 4. The van der Waals surface area contributed by atoms with Crippen LogP contribution in [0.1, 0.15) is 37.4 Å². The average Bonchev–Trinajstić information content (AvgIpc) is 3.06. The lowest BCUT2D eigenvalue weighted by Crippen LogP contribution is -2.38. The van der Waals surface area contributed by atoms with Gasteiger partial charge in [-0.2, -0.15) is 0 Å². The number of hydrogen-bond donors (Lipinski definition) is 1. The van der Waals surface area contributed by atoms with Crippen LogP contribution in [0.3, 0.4) is 0 Å². The van der Waals surface area contributed by atoms with Crippen molar-refractivity contribution in [1.82, 2.24) is 15.3 Å². The molecule has 1 aromatic rings. The minimum atomic E-state index is 0.636. The molecule has 0 saturated carbocycles. The Morgan fingerprint density at radius 1 is 1.33 bits per heavy atom. The molecule has 4 heteroatoms. The molecule has 0 radical (unpaired) electrons. The smallest absolute Gasteiger partial charge is 0.135 e. The van der Waals surface area contributed by atoms with E-state index in [1.165, 1.54) is 42.9 Å². The molecular formula is C14H22N4. The maximum Gasteiger partial charge on any atom is 0.135 e. The van der Waals surface area contributed by atoms with Crippen molar-refractivity contribution in [1.29, 1.82) is 0 Å². The molecule has 0 aromatic carbocycles. The molecule has 1 unspecified atom stereocenters. The van der Waals surface area contributed by atoms with Gasteiger partial charge in [-0.05, 0) is 45.6 Å². The van der Waals surface area contributed by atoms with Gasteiger partial charge in [0.15, 0.2) is 0 Å². The highest BCUT2D eigenvalue weighted by atomic mass is 15.2. The fraction of sp³-hybridized carbons (Fsp3) is 0.714. The Bertz CT molecular complexity index is 412. The summed E-state index contributed by atoms with van der Waals surface area (Å²) in [7, 11) is 0. The van der Waals surface area contributed by atoms with Gasteiger partial charge in [-0.15, -0.1) is 0 Å². The van der Waals surface area contributed by atoms with Crippen LogP contribution in [0.15, 0.2) is 6.33 Å². The molecule has 2 heterocycles. The van der Waals surface area contributed by atoms with E-state index in [4.69, 9.17) is 0 Å². The number of nitrogens with zero attached hydrogens (tertiary/aromatic N) is 3. The quantitative estimate of drug-likeness (QED) is 0.875. The zero-order chi connectivity index (χ0) is 12.4. The first kappa shape index (κ1) is 11.9. The molecule has 98 valence electrons. The summed E-state index contributed by atoms with van der Waals surface area (Å²) in [5.74, 6) is 1.19. The molecule has 4 nitrogen and oxygen atoms in total. The monoisotopic (exact) mass is 246 g/mol. The third-order valence-corrected chi connectivity index (χ3v) is 4.14. The van der Waals surface area contributed by atoms with Gasteiger partial charge < -0.3 is 10.2 Å². The van der Waals surface area contributed by atoms with Crippen molar-refractivity contribution in [2.24, 2.45) is 0 Å². The van der Waals surface area contributed by atoms with Gasteiger partial charge in [-0.25, -0.2) is 9.97 Å². The first-order valence-corrected chi connectivity index (χ1v) is 7.19. The molecule has 1 aliphatic carbocycles. The van der Waals surface area contributed by atoms with Gasteiger partial charge in [0.1, 0.15) is 12.1 Å². The molecule has 1 fully saturated rings. The topological polar surface area (TPSA) is 41.0 Å². The van der Waals surface area contributed by atoms with Gasteiger partial charge in [0.05, 0.1) is 0 Å². The second kappa shape index (κ2) is 5.22. The number of likely N-dealkylation sites (N-methyl/N-ethyl adjacent to an activating group) is 1. The van der Waals surface area contributed by atoms with Crippen LogP contribution in [0.5, 0.6) is 0 Å². The fourth-order valence-electron chi connectivity index (χ4n) is 3.16. The van der Waals surface area contributed by atoms with E-state index in [0.29, 0.717) is 6.04 Å². The predicted octanol–water partition coefficient (Wildman–Crippen LogP) is 1.54. The Labute approximate surface area is 109 Å². The zero-order valence-electron chi connectivity index (χ0n) is 11.2. The second-order valence-corrected chi connectivity index (χ2v) is 5.31. The van der Waals surface area contributed by atoms with E-state index >= 15 is 0 Å². The van der Waals surface area contributed by atoms with Crippen molar-refractivity contribution >= 4 is 5.82 Å². The average molecular weight is 246 g/mol. The summed E-state index contributed by atoms with van der Waals surface area (Å²) < 4.78 is 0. The Morgan fingerprint density at radius 3 is 3.06 bits per heavy atom. The van der Waals surface area contributed by atoms with E-state index in [1.807, 2.05) is 0 Å². The summed E-state index contributed by atoms with van der Waals surface area (Å²) in [6, 6.07) is 0.636. The van der Waals surface area contributed by atoms with Gasteiger partial charge in [-0.3, -0.25) is 0 Å². The molecule has 0 bridgehead atoms. The lowest BCUT2D eigenvalue weighted by atomic mass is 10.2. The highest BCUT2D eigenvalue weighted by Gasteiger charge is 2.23. The third kappa shape index (κ3) is 2.21. The van der Waals surface area contributed by atoms with E-state index in [-0.39, 0.29) is 0 Å². The van der Waals surface area contributed by atoms with Crippen molar-refractivity contribution in [2.75, 3.05) is 24.5 Å². The van der Waals surface area contributed by atoms with Gasteiger partial charge in [0, 0.05) is 30.4 Å². The van der Waals surface area contributed by atoms with Crippen molar-refractivity contribution in [2.45, 2.75) is 45.1 Å². The third-order valence-electron chi connectivity index (χ3n) is 4.14. The molecule has 1 saturated heterocycles. The van der Waals surface area contributed by atoms with Gasteiger partial charge in [-0.1, -0.05) is 0 Å². The van der Waals surface area contributed by atoms with Crippen LogP contribution in [0.25, 0.3) is 0 Å². The first-order chi connectivity index (χ1) is 8.88. The van der Waals surface area contributed by atoms with Crippen LogP contribution in [-0.4, -0.2) is 35.6 Å². The van der Waals surface area contributed by atoms with Crippen LogP contribution >= 0.6 is 0 Å². The number of hydrogen-bond acceptors (Lipinski definition) is 4. The standard InChI is InChI=1S/C14H22N4/c1-2-18(9-11-5-4-8-15-11)14-12-6-3-7-13(12)16-10-17-14/h10-11,15H,2-9H2,1H3. The van der Waals surface area contributed by atoms with E-state index in [9.17, 15) is 0 Å². The van der Waals surface area contributed by atoms with Crippen LogP contribution < -0.4 is 10.2 Å². The predicted molar refractivity (Wildman–Crippen MR) is 73.0 cm³/mol. The Morgan fingerprint density at radius 2 is 2.28 bits per heavy atom. The summed E-state index contributed by atoms with van der Waals surface area (Å²) in [6.07, 6.45) is 7.86. The molecule has 1 aliphatic heterocycles. The molecule has 2 aliphatic rings. The largest absolute Gasteiger partial charge is 0.355 e. The molecule has 1 aromatic heterocycles. The van der Waals surface area contributed by atoms with E-state index in [1.54, 1.807) is 6.33 Å². The summed E-state index contributed by atoms with van der Waals surface area (Å²) in [4.78, 5) is 11.4. The number of fused-ring (bicyclic) bond motifs is 1. The van der Waals surface area contributed by atoms with E-state index in [2.05, 4.69) is 27.1 Å². The lowest BCUT2D eigenvalue weighted by molar-refractivity contribution is 0.582.